The fourth-order valence-corrected chi connectivity index (χ4v) is 3.40. The second-order valence-electron chi connectivity index (χ2n) is 7.10. The number of aliphatic carboxylic acids is 1. The van der Waals surface area contributed by atoms with Crippen LogP contribution >= 0.6 is 12.4 Å². The predicted octanol–water partition coefficient (Wildman–Crippen LogP) is 4.05. The Bertz CT molecular complexity index is 1050. The fraction of sp³-hybridized carbons (Fsp3) is 0.304. The number of halogens is 1. The highest BCUT2D eigenvalue weighted by Gasteiger charge is 2.20. The number of phenolic OH excluding ortho intramolecular Hbond substituents is 1. The van der Waals surface area contributed by atoms with Crippen LogP contribution in [0.25, 0.3) is 11.0 Å². The van der Waals surface area contributed by atoms with E-state index < -0.39 is 17.6 Å². The van der Waals surface area contributed by atoms with Crippen LogP contribution in [0.3, 0.4) is 0 Å². The number of hydrogen-bond donors (Lipinski definition) is 3. The molecule has 0 aliphatic rings. The molecular weight excluding hydrogens is 406 g/mol. The molecule has 0 aliphatic carbocycles. The van der Waals surface area contributed by atoms with Gasteiger partial charge in [0.25, 0.3) is 0 Å². The molecule has 1 aromatic heterocycles. The Kier molecular flexibility index (Phi) is 8.45. The second-order valence-corrected chi connectivity index (χ2v) is 7.10. The molecule has 30 heavy (non-hydrogen) atoms. The number of phenols is 1. The van der Waals surface area contributed by atoms with Crippen LogP contribution in [0.1, 0.15) is 36.5 Å². The molecular formula is C23H26ClNO5. The number of hydrogen-bond acceptors (Lipinski definition) is 5. The van der Waals surface area contributed by atoms with Crippen molar-refractivity contribution in [1.82, 2.24) is 5.32 Å². The van der Waals surface area contributed by atoms with Crippen LogP contribution in [-0.2, 0) is 24.2 Å². The molecule has 7 heteroatoms. The molecule has 0 saturated heterocycles. The van der Waals surface area contributed by atoms with Crippen LogP contribution in [0.2, 0.25) is 0 Å². The first-order valence-corrected chi connectivity index (χ1v) is 9.77. The molecule has 1 unspecified atom stereocenters. The van der Waals surface area contributed by atoms with Crippen LogP contribution in [0, 0.1) is 0 Å². The number of carboxylic acid groups (broad SMARTS) is 1. The lowest BCUT2D eigenvalue weighted by Crippen LogP contribution is -2.38. The number of benzene rings is 2. The number of fused-ring (bicyclic) bond motifs is 1. The van der Waals surface area contributed by atoms with E-state index in [1.807, 2.05) is 30.3 Å². The normalized spacial score (nSPS) is 11.8. The number of aromatic hydroxyl groups is 1. The lowest BCUT2D eigenvalue weighted by atomic mass is 10.0. The van der Waals surface area contributed by atoms with Crippen molar-refractivity contribution in [2.75, 3.05) is 0 Å². The van der Waals surface area contributed by atoms with Gasteiger partial charge in [-0.3, -0.25) is 10.1 Å². The van der Waals surface area contributed by atoms with E-state index in [0.29, 0.717) is 17.6 Å². The topological polar surface area (TPSA) is 99.8 Å². The Balaban J connectivity index is 0.00000320. The summed E-state index contributed by atoms with van der Waals surface area (Å²) in [6.07, 6.45) is 2.97. The van der Waals surface area contributed by atoms with Crippen LogP contribution in [0.4, 0.5) is 0 Å². The third kappa shape index (κ3) is 5.62. The minimum atomic E-state index is -0.987. The van der Waals surface area contributed by atoms with Crippen molar-refractivity contribution in [1.29, 1.82) is 0 Å². The molecule has 0 spiro atoms. The number of carboxylic acids is 1. The summed E-state index contributed by atoms with van der Waals surface area (Å²) < 4.78 is 5.40. The third-order valence-corrected chi connectivity index (χ3v) is 4.98. The summed E-state index contributed by atoms with van der Waals surface area (Å²) in [4.78, 5) is 23.8. The van der Waals surface area contributed by atoms with Gasteiger partial charge in [0.1, 0.15) is 17.4 Å². The first kappa shape index (κ1) is 23.4. The minimum Gasteiger partial charge on any atom is -0.507 e. The molecule has 3 aromatic rings. The number of nitrogens with one attached hydrogen (secondary N) is 1. The molecule has 1 heterocycles. The molecule has 160 valence electrons. The zero-order valence-corrected chi connectivity index (χ0v) is 17.6. The van der Waals surface area contributed by atoms with Crippen molar-refractivity contribution < 1.29 is 19.4 Å². The van der Waals surface area contributed by atoms with Gasteiger partial charge in [-0.05, 0) is 42.5 Å². The van der Waals surface area contributed by atoms with Crippen LogP contribution in [-0.4, -0.2) is 22.2 Å². The zero-order valence-electron chi connectivity index (χ0n) is 16.8. The monoisotopic (exact) mass is 431 g/mol. The highest BCUT2D eigenvalue weighted by atomic mass is 35.5. The van der Waals surface area contributed by atoms with Crippen molar-refractivity contribution >= 4 is 29.3 Å². The maximum absolute atomic E-state index is 12.1. The van der Waals surface area contributed by atoms with E-state index >= 15 is 0 Å². The van der Waals surface area contributed by atoms with Crippen molar-refractivity contribution in [3.05, 3.63) is 75.6 Å². The van der Waals surface area contributed by atoms with Gasteiger partial charge in [-0.15, -0.1) is 12.4 Å². The van der Waals surface area contributed by atoms with E-state index in [4.69, 9.17) is 4.42 Å². The molecule has 0 bridgehead atoms. The Hall–Kier alpha value is -2.83. The van der Waals surface area contributed by atoms with Crippen LogP contribution in [0.5, 0.6) is 5.75 Å². The lowest BCUT2D eigenvalue weighted by molar-refractivity contribution is -0.139. The first-order chi connectivity index (χ1) is 14.0. The summed E-state index contributed by atoms with van der Waals surface area (Å²) >= 11 is 0. The fourth-order valence-electron chi connectivity index (χ4n) is 3.40. The van der Waals surface area contributed by atoms with E-state index in [2.05, 4.69) is 12.2 Å². The summed E-state index contributed by atoms with van der Waals surface area (Å²) in [6, 6.07) is 13.3. The van der Waals surface area contributed by atoms with Gasteiger partial charge < -0.3 is 14.6 Å². The molecule has 1 atom stereocenters. The second kappa shape index (κ2) is 10.8. The zero-order chi connectivity index (χ0) is 20.8. The summed E-state index contributed by atoms with van der Waals surface area (Å²) in [5, 5.41) is 23.7. The average molecular weight is 432 g/mol. The largest absolute Gasteiger partial charge is 0.507 e. The van der Waals surface area contributed by atoms with Crippen molar-refractivity contribution in [2.45, 2.75) is 45.2 Å². The highest BCUT2D eigenvalue weighted by Crippen LogP contribution is 2.29. The molecule has 0 amide bonds. The van der Waals surface area contributed by atoms with Gasteiger partial charge in [0.15, 0.2) is 0 Å². The molecule has 0 aliphatic heterocycles. The Morgan fingerprint density at radius 1 is 1.17 bits per heavy atom. The minimum absolute atomic E-state index is 0. The number of rotatable bonds is 9. The van der Waals surface area contributed by atoms with Crippen molar-refractivity contribution in [3.63, 3.8) is 0 Å². The molecule has 3 rings (SSSR count). The number of carbonyl (C=O) groups is 1. The average Bonchev–Trinajstić information content (AvgIpc) is 2.70. The molecule has 0 saturated carbocycles. The Labute approximate surface area is 181 Å². The van der Waals surface area contributed by atoms with E-state index in [1.165, 1.54) is 6.07 Å². The quantitative estimate of drug-likeness (QED) is 0.442. The highest BCUT2D eigenvalue weighted by molar-refractivity contribution is 5.85. The summed E-state index contributed by atoms with van der Waals surface area (Å²) in [5.74, 6) is -1.02. The predicted molar refractivity (Wildman–Crippen MR) is 118 cm³/mol. The van der Waals surface area contributed by atoms with E-state index in [1.54, 1.807) is 12.1 Å². The first-order valence-electron chi connectivity index (χ1n) is 9.77. The lowest BCUT2D eigenvalue weighted by Gasteiger charge is -2.16. The van der Waals surface area contributed by atoms with Gasteiger partial charge in [0.05, 0.1) is 5.56 Å². The van der Waals surface area contributed by atoms with Gasteiger partial charge >= 0.3 is 11.6 Å². The molecule has 6 nitrogen and oxygen atoms in total. The van der Waals surface area contributed by atoms with Crippen molar-refractivity contribution in [2.24, 2.45) is 0 Å². The van der Waals surface area contributed by atoms with Gasteiger partial charge in [-0.1, -0.05) is 43.7 Å². The number of aryl methyl sites for hydroxylation is 1. The maximum atomic E-state index is 12.1. The Morgan fingerprint density at radius 2 is 1.90 bits per heavy atom. The summed E-state index contributed by atoms with van der Waals surface area (Å²) in [7, 11) is 0. The van der Waals surface area contributed by atoms with Crippen LogP contribution < -0.4 is 10.9 Å². The SMILES string of the molecule is CCCCc1cc(=O)oc2c(CNC(Cc3ccccc3)C(=O)O)c(O)ccc12.Cl. The molecule has 0 fully saturated rings. The number of unbranched alkanes of at least 4 members (excludes halogenated alkanes) is 1. The van der Waals surface area contributed by atoms with Gasteiger partial charge in [0, 0.05) is 18.0 Å². The van der Waals surface area contributed by atoms with E-state index in [-0.39, 0.29) is 24.7 Å². The molecule has 2 aromatic carbocycles. The van der Waals surface area contributed by atoms with Gasteiger partial charge in [-0.25, -0.2) is 4.79 Å². The molecule has 0 radical (unpaired) electrons. The van der Waals surface area contributed by atoms with Crippen molar-refractivity contribution in [3.8, 4) is 5.75 Å². The smallest absolute Gasteiger partial charge is 0.336 e. The maximum Gasteiger partial charge on any atom is 0.336 e. The Morgan fingerprint density at radius 3 is 2.57 bits per heavy atom. The summed E-state index contributed by atoms with van der Waals surface area (Å²) in [6.45, 7) is 2.14. The van der Waals surface area contributed by atoms with Gasteiger partial charge in [0.2, 0.25) is 0 Å². The third-order valence-electron chi connectivity index (χ3n) is 4.98. The van der Waals surface area contributed by atoms with E-state index in [9.17, 15) is 19.8 Å². The summed E-state index contributed by atoms with van der Waals surface area (Å²) in [5.41, 5.74) is 1.98. The molecule has 3 N–H and O–H groups in total. The van der Waals surface area contributed by atoms with Crippen LogP contribution in [0.15, 0.2) is 57.7 Å². The van der Waals surface area contributed by atoms with E-state index in [0.717, 1.165) is 35.8 Å². The van der Waals surface area contributed by atoms with Gasteiger partial charge in [-0.2, -0.15) is 0 Å². The standard InChI is InChI=1S/C23H25NO5.ClH/c1-2-3-9-16-13-21(26)29-22-17(16)10-11-20(25)18(22)14-24-19(23(27)28)12-15-7-5-4-6-8-15;/h4-8,10-11,13,19,24-25H,2-3,9,12,14H2,1H3,(H,27,28);1H.